The van der Waals surface area contributed by atoms with Crippen molar-refractivity contribution in [2.45, 2.75) is 39.2 Å². The number of rotatable bonds is 8. The van der Waals surface area contributed by atoms with Crippen LogP contribution in [0.2, 0.25) is 0 Å². The third kappa shape index (κ3) is 8.22. The van der Waals surface area contributed by atoms with Gasteiger partial charge in [0.15, 0.2) is 0 Å². The second-order valence-electron chi connectivity index (χ2n) is 3.83. The van der Waals surface area contributed by atoms with Gasteiger partial charge in [-0.15, -0.1) is 0 Å². The summed E-state index contributed by atoms with van der Waals surface area (Å²) in [7, 11) is 0. The first kappa shape index (κ1) is 12.9. The van der Waals surface area contributed by atoms with E-state index in [1.807, 2.05) is 0 Å². The first-order valence-corrected chi connectivity index (χ1v) is 5.08. The average Bonchev–Trinajstić information content (AvgIpc) is 2.09. The zero-order valence-electron chi connectivity index (χ0n) is 9.10. The molecular weight excluding hydrogens is 166 g/mol. The lowest BCUT2D eigenvalue weighted by molar-refractivity contribution is -0.0375. The van der Waals surface area contributed by atoms with Crippen LogP contribution in [0.3, 0.4) is 0 Å². The maximum absolute atomic E-state index is 8.60. The van der Waals surface area contributed by atoms with E-state index in [1.54, 1.807) is 0 Å². The summed E-state index contributed by atoms with van der Waals surface area (Å²) < 4.78 is 5.47. The number of nitrogens with one attached hydrogen (secondary N) is 1. The fourth-order valence-corrected chi connectivity index (χ4v) is 1.09. The Kier molecular flexibility index (Phi) is 7.23. The van der Waals surface area contributed by atoms with E-state index in [-0.39, 0.29) is 12.2 Å². The minimum atomic E-state index is -0.122. The summed E-state index contributed by atoms with van der Waals surface area (Å²) in [4.78, 5) is 0. The van der Waals surface area contributed by atoms with E-state index in [2.05, 4.69) is 26.1 Å². The van der Waals surface area contributed by atoms with Gasteiger partial charge in [-0.25, -0.2) is 0 Å². The molecule has 3 nitrogen and oxygen atoms in total. The minimum Gasteiger partial charge on any atom is -0.394 e. The van der Waals surface area contributed by atoms with Crippen LogP contribution in [-0.2, 0) is 4.74 Å². The molecule has 0 spiro atoms. The number of aliphatic hydroxyl groups excluding tert-OH is 1. The quantitative estimate of drug-likeness (QED) is 0.563. The molecule has 0 aliphatic heterocycles. The largest absolute Gasteiger partial charge is 0.394 e. The summed E-state index contributed by atoms with van der Waals surface area (Å²) in [6, 6.07) is 0. The molecule has 0 fully saturated rings. The third-order valence-electron chi connectivity index (χ3n) is 1.91. The van der Waals surface area contributed by atoms with Gasteiger partial charge >= 0.3 is 0 Å². The smallest absolute Gasteiger partial charge is 0.0704 e. The highest BCUT2D eigenvalue weighted by Crippen LogP contribution is 2.12. The van der Waals surface area contributed by atoms with E-state index in [1.165, 1.54) is 0 Å². The molecule has 0 amide bonds. The summed E-state index contributed by atoms with van der Waals surface area (Å²) in [6.07, 6.45) is 2.14. The number of hydrogen-bond donors (Lipinski definition) is 2. The van der Waals surface area contributed by atoms with Gasteiger partial charge in [-0.3, -0.25) is 0 Å². The number of hydrogen-bond acceptors (Lipinski definition) is 3. The van der Waals surface area contributed by atoms with Crippen molar-refractivity contribution in [3.8, 4) is 0 Å². The molecule has 0 unspecified atom stereocenters. The molecule has 13 heavy (non-hydrogen) atoms. The first-order valence-electron chi connectivity index (χ1n) is 5.08. The fraction of sp³-hybridized carbons (Fsp3) is 1.00. The molecule has 0 radical (unpaired) electrons. The maximum atomic E-state index is 8.60. The molecule has 3 heteroatoms. The Labute approximate surface area is 81.5 Å². The van der Waals surface area contributed by atoms with Crippen LogP contribution in [0.4, 0.5) is 0 Å². The van der Waals surface area contributed by atoms with Crippen molar-refractivity contribution in [2.24, 2.45) is 0 Å². The van der Waals surface area contributed by atoms with Gasteiger partial charge in [0.25, 0.3) is 0 Å². The van der Waals surface area contributed by atoms with Crippen LogP contribution >= 0.6 is 0 Å². The van der Waals surface area contributed by atoms with Crippen molar-refractivity contribution in [3.63, 3.8) is 0 Å². The normalized spacial score (nSPS) is 12.0. The van der Waals surface area contributed by atoms with Crippen LogP contribution < -0.4 is 5.32 Å². The molecule has 0 aliphatic carbocycles. The van der Waals surface area contributed by atoms with Gasteiger partial charge in [0.2, 0.25) is 0 Å². The highest BCUT2D eigenvalue weighted by atomic mass is 16.5. The summed E-state index contributed by atoms with van der Waals surface area (Å²) >= 11 is 0. The van der Waals surface area contributed by atoms with Gasteiger partial charge in [0.05, 0.1) is 18.8 Å². The van der Waals surface area contributed by atoms with E-state index < -0.39 is 0 Å². The monoisotopic (exact) mass is 189 g/mol. The van der Waals surface area contributed by atoms with Crippen LogP contribution in [0.25, 0.3) is 0 Å². The van der Waals surface area contributed by atoms with Crippen LogP contribution in [0.15, 0.2) is 0 Å². The summed E-state index contributed by atoms with van der Waals surface area (Å²) in [5, 5.41) is 11.9. The molecule has 0 aromatic carbocycles. The Morgan fingerprint density at radius 2 is 2.00 bits per heavy atom. The molecule has 0 rings (SSSR count). The second kappa shape index (κ2) is 7.30. The summed E-state index contributed by atoms with van der Waals surface area (Å²) in [5.74, 6) is 0. The Bertz CT molecular complexity index is 115. The lowest BCUT2D eigenvalue weighted by Gasteiger charge is -2.25. The Balaban J connectivity index is 3.39. The van der Waals surface area contributed by atoms with Crippen LogP contribution in [0.1, 0.15) is 33.6 Å². The van der Waals surface area contributed by atoms with Gasteiger partial charge in [0.1, 0.15) is 0 Å². The molecule has 80 valence electrons. The number of ether oxygens (including phenoxy) is 1. The van der Waals surface area contributed by atoms with Gasteiger partial charge in [0, 0.05) is 0 Å². The fourth-order valence-electron chi connectivity index (χ4n) is 1.09. The van der Waals surface area contributed by atoms with Crippen molar-refractivity contribution in [2.75, 3.05) is 26.3 Å². The van der Waals surface area contributed by atoms with E-state index in [0.717, 1.165) is 25.9 Å². The Morgan fingerprint density at radius 3 is 2.54 bits per heavy atom. The van der Waals surface area contributed by atoms with Crippen molar-refractivity contribution >= 4 is 0 Å². The molecule has 0 aromatic rings. The van der Waals surface area contributed by atoms with Gasteiger partial charge in [-0.2, -0.15) is 0 Å². The van der Waals surface area contributed by atoms with E-state index >= 15 is 0 Å². The molecule has 0 aliphatic rings. The first-order chi connectivity index (χ1) is 6.12. The van der Waals surface area contributed by atoms with Gasteiger partial charge < -0.3 is 15.2 Å². The van der Waals surface area contributed by atoms with Crippen LogP contribution in [-0.4, -0.2) is 37.0 Å². The van der Waals surface area contributed by atoms with Gasteiger partial charge in [-0.1, -0.05) is 6.92 Å². The van der Waals surface area contributed by atoms with Crippen molar-refractivity contribution in [3.05, 3.63) is 0 Å². The molecule has 0 heterocycles. The molecule has 0 aromatic heterocycles. The van der Waals surface area contributed by atoms with Crippen LogP contribution in [0.5, 0.6) is 0 Å². The van der Waals surface area contributed by atoms with E-state index in [9.17, 15) is 0 Å². The topological polar surface area (TPSA) is 41.5 Å². The highest BCUT2D eigenvalue weighted by molar-refractivity contribution is 4.69. The third-order valence-corrected chi connectivity index (χ3v) is 1.91. The molecule has 0 bridgehead atoms. The molecular formula is C10H23NO2. The number of aliphatic hydroxyl groups is 1. The average molecular weight is 189 g/mol. The zero-order valence-corrected chi connectivity index (χ0v) is 9.10. The van der Waals surface area contributed by atoms with E-state index in [4.69, 9.17) is 9.84 Å². The standard InChI is InChI=1S/C10H23NO2/c1-4-6-11-7-5-10(2,3)13-9-8-12/h11-12H,4-9H2,1-3H3. The lowest BCUT2D eigenvalue weighted by atomic mass is 10.1. The van der Waals surface area contributed by atoms with Crippen molar-refractivity contribution in [1.29, 1.82) is 0 Å². The van der Waals surface area contributed by atoms with Crippen molar-refractivity contribution in [1.82, 2.24) is 5.32 Å². The highest BCUT2D eigenvalue weighted by Gasteiger charge is 2.16. The molecule has 0 atom stereocenters. The minimum absolute atomic E-state index is 0.103. The van der Waals surface area contributed by atoms with Gasteiger partial charge in [-0.05, 0) is 39.8 Å². The van der Waals surface area contributed by atoms with Crippen LogP contribution in [0, 0.1) is 0 Å². The predicted molar refractivity (Wildman–Crippen MR) is 54.9 cm³/mol. The van der Waals surface area contributed by atoms with Crippen molar-refractivity contribution < 1.29 is 9.84 Å². The molecule has 2 N–H and O–H groups in total. The lowest BCUT2D eigenvalue weighted by Crippen LogP contribution is -2.31. The SMILES string of the molecule is CCCNCCC(C)(C)OCCO. The summed E-state index contributed by atoms with van der Waals surface area (Å²) in [5.41, 5.74) is -0.122. The molecule has 0 saturated heterocycles. The second-order valence-corrected chi connectivity index (χ2v) is 3.83. The molecule has 0 saturated carbocycles. The predicted octanol–water partition coefficient (Wildman–Crippen LogP) is 1.16. The zero-order chi connectivity index (χ0) is 10.2. The van der Waals surface area contributed by atoms with E-state index in [0.29, 0.717) is 6.61 Å². The summed E-state index contributed by atoms with van der Waals surface area (Å²) in [6.45, 7) is 8.84. The Hall–Kier alpha value is -0.120. The maximum Gasteiger partial charge on any atom is 0.0704 e. The Morgan fingerprint density at radius 1 is 1.31 bits per heavy atom.